The molecule has 26 heavy (non-hydrogen) atoms. The van der Waals surface area contributed by atoms with Gasteiger partial charge in [0.15, 0.2) is 5.11 Å². The van der Waals surface area contributed by atoms with E-state index in [-0.39, 0.29) is 16.9 Å². The minimum Gasteiger partial charge on any atom is -0.352 e. The number of hydrogen-bond donors (Lipinski definition) is 3. The molecule has 0 unspecified atom stereocenters. The minimum absolute atomic E-state index is 0.139. The molecule has 2 aromatic rings. The van der Waals surface area contributed by atoms with Gasteiger partial charge in [-0.2, -0.15) is 0 Å². The second-order valence-electron chi connectivity index (χ2n) is 6.09. The highest BCUT2D eigenvalue weighted by atomic mass is 32.1. The van der Waals surface area contributed by atoms with E-state index in [2.05, 4.69) is 29.8 Å². The van der Waals surface area contributed by atoms with Gasteiger partial charge in [0.2, 0.25) is 0 Å². The van der Waals surface area contributed by atoms with Gasteiger partial charge in [-0.15, -0.1) is 0 Å². The van der Waals surface area contributed by atoms with Crippen LogP contribution in [0.1, 0.15) is 53.0 Å². The number of carbonyl (C=O) groups excluding carboxylic acids is 2. The van der Waals surface area contributed by atoms with E-state index in [4.69, 9.17) is 12.2 Å². The maximum Gasteiger partial charge on any atom is 0.257 e. The van der Waals surface area contributed by atoms with Gasteiger partial charge in [-0.3, -0.25) is 14.9 Å². The molecule has 0 aliphatic carbocycles. The van der Waals surface area contributed by atoms with Crippen LogP contribution in [0.3, 0.4) is 0 Å². The fourth-order valence-electron chi connectivity index (χ4n) is 2.39. The normalized spacial score (nSPS) is 10.3. The van der Waals surface area contributed by atoms with Crippen molar-refractivity contribution < 1.29 is 9.59 Å². The lowest BCUT2D eigenvalue weighted by molar-refractivity contribution is 0.0954. The topological polar surface area (TPSA) is 70.2 Å². The highest BCUT2D eigenvalue weighted by Crippen LogP contribution is 2.16. The van der Waals surface area contributed by atoms with Crippen molar-refractivity contribution in [2.45, 2.75) is 26.7 Å². The largest absolute Gasteiger partial charge is 0.352 e. The average molecular weight is 369 g/mol. The number of thiocarbonyl (C=S) groups is 1. The first kappa shape index (κ1) is 19.6. The van der Waals surface area contributed by atoms with Crippen molar-refractivity contribution in [3.8, 4) is 0 Å². The predicted octanol–water partition coefficient (Wildman–Crippen LogP) is 3.69. The van der Waals surface area contributed by atoms with E-state index in [1.807, 2.05) is 19.1 Å². The lowest BCUT2D eigenvalue weighted by atomic mass is 10.0. The fraction of sp³-hybridized carbons (Fsp3) is 0.250. The van der Waals surface area contributed by atoms with Crippen LogP contribution in [0, 0.1) is 0 Å². The molecule has 2 amide bonds. The van der Waals surface area contributed by atoms with Crippen molar-refractivity contribution >= 4 is 34.8 Å². The maximum absolute atomic E-state index is 12.3. The van der Waals surface area contributed by atoms with E-state index in [9.17, 15) is 9.59 Å². The smallest absolute Gasteiger partial charge is 0.257 e. The van der Waals surface area contributed by atoms with E-state index in [0.29, 0.717) is 29.3 Å². The summed E-state index contributed by atoms with van der Waals surface area (Å²) in [6, 6.07) is 14.4. The third-order valence-corrected chi connectivity index (χ3v) is 4.03. The first-order valence-corrected chi connectivity index (χ1v) is 8.92. The van der Waals surface area contributed by atoms with Gasteiger partial charge in [0.1, 0.15) is 0 Å². The maximum atomic E-state index is 12.3. The second kappa shape index (κ2) is 9.10. The van der Waals surface area contributed by atoms with Gasteiger partial charge >= 0.3 is 0 Å². The Morgan fingerprint density at radius 1 is 1.00 bits per heavy atom. The summed E-state index contributed by atoms with van der Waals surface area (Å²) in [5, 5.41) is 8.45. The molecule has 0 aliphatic heterocycles. The molecule has 0 heterocycles. The Morgan fingerprint density at radius 2 is 1.65 bits per heavy atom. The first-order chi connectivity index (χ1) is 12.4. The van der Waals surface area contributed by atoms with Crippen molar-refractivity contribution in [2.75, 3.05) is 11.9 Å². The molecule has 0 aromatic heterocycles. The molecule has 2 aromatic carbocycles. The van der Waals surface area contributed by atoms with E-state index in [1.54, 1.807) is 36.4 Å². The SMILES string of the molecule is CCNC(=O)c1ccccc1NC(=S)NC(=O)c1ccc(C(C)C)cc1. The van der Waals surface area contributed by atoms with Crippen LogP contribution in [-0.2, 0) is 0 Å². The van der Waals surface area contributed by atoms with Crippen molar-refractivity contribution in [2.24, 2.45) is 0 Å². The number of nitrogens with one attached hydrogen (secondary N) is 3. The number of para-hydroxylation sites is 1. The fourth-order valence-corrected chi connectivity index (χ4v) is 2.60. The van der Waals surface area contributed by atoms with Crippen LogP contribution < -0.4 is 16.0 Å². The van der Waals surface area contributed by atoms with Gasteiger partial charge in [-0.05, 0) is 54.9 Å². The lowest BCUT2D eigenvalue weighted by Gasteiger charge is -2.13. The monoisotopic (exact) mass is 369 g/mol. The molecule has 2 rings (SSSR count). The number of benzene rings is 2. The summed E-state index contributed by atoms with van der Waals surface area (Å²) < 4.78 is 0. The summed E-state index contributed by atoms with van der Waals surface area (Å²) in [7, 11) is 0. The Balaban J connectivity index is 2.05. The summed E-state index contributed by atoms with van der Waals surface area (Å²) in [4.78, 5) is 24.4. The number of carbonyl (C=O) groups is 2. The zero-order valence-corrected chi connectivity index (χ0v) is 15.9. The van der Waals surface area contributed by atoms with E-state index >= 15 is 0 Å². The van der Waals surface area contributed by atoms with Crippen LogP contribution in [0.5, 0.6) is 0 Å². The highest BCUT2D eigenvalue weighted by Gasteiger charge is 2.13. The third kappa shape index (κ3) is 5.13. The number of amides is 2. The first-order valence-electron chi connectivity index (χ1n) is 8.52. The summed E-state index contributed by atoms with van der Waals surface area (Å²) in [6.07, 6.45) is 0. The summed E-state index contributed by atoms with van der Waals surface area (Å²) >= 11 is 5.22. The highest BCUT2D eigenvalue weighted by molar-refractivity contribution is 7.80. The van der Waals surface area contributed by atoms with Crippen LogP contribution >= 0.6 is 12.2 Å². The zero-order valence-electron chi connectivity index (χ0n) is 15.1. The van der Waals surface area contributed by atoms with Crippen molar-refractivity contribution in [1.29, 1.82) is 0 Å². The molecule has 0 saturated carbocycles. The molecule has 0 spiro atoms. The lowest BCUT2D eigenvalue weighted by Crippen LogP contribution is -2.35. The van der Waals surface area contributed by atoms with Crippen LogP contribution in [0.2, 0.25) is 0 Å². The molecule has 0 aliphatic rings. The predicted molar refractivity (Wildman–Crippen MR) is 109 cm³/mol. The van der Waals surface area contributed by atoms with Crippen molar-refractivity contribution in [3.63, 3.8) is 0 Å². The Bertz CT molecular complexity index is 801. The Morgan fingerprint density at radius 3 is 2.27 bits per heavy atom. The standard InChI is InChI=1S/C20H23N3O2S/c1-4-21-19(25)16-7-5-6-8-17(16)22-20(26)23-18(24)15-11-9-14(10-12-15)13(2)3/h5-13H,4H2,1-3H3,(H,21,25)(H2,22,23,24,26). The third-order valence-electron chi connectivity index (χ3n) is 3.82. The zero-order chi connectivity index (χ0) is 19.1. The molecule has 0 radical (unpaired) electrons. The van der Waals surface area contributed by atoms with E-state index in [1.165, 1.54) is 0 Å². The molecule has 0 atom stereocenters. The quantitative estimate of drug-likeness (QED) is 0.703. The molecule has 136 valence electrons. The molecule has 6 heteroatoms. The van der Waals surface area contributed by atoms with Crippen LogP contribution in [0.4, 0.5) is 5.69 Å². The molecule has 3 N–H and O–H groups in total. The van der Waals surface area contributed by atoms with Gasteiger partial charge in [0, 0.05) is 12.1 Å². The number of anilines is 1. The summed E-state index contributed by atoms with van der Waals surface area (Å²) in [5.74, 6) is -0.0945. The van der Waals surface area contributed by atoms with Gasteiger partial charge in [-0.1, -0.05) is 38.1 Å². The van der Waals surface area contributed by atoms with Crippen molar-refractivity contribution in [1.82, 2.24) is 10.6 Å². The van der Waals surface area contributed by atoms with Crippen LogP contribution in [0.15, 0.2) is 48.5 Å². The summed E-state index contributed by atoms with van der Waals surface area (Å²) in [6.45, 7) is 6.57. The van der Waals surface area contributed by atoms with Crippen molar-refractivity contribution in [3.05, 3.63) is 65.2 Å². The Kier molecular flexibility index (Phi) is 6.86. The number of hydrogen-bond acceptors (Lipinski definition) is 3. The van der Waals surface area contributed by atoms with Gasteiger partial charge in [-0.25, -0.2) is 0 Å². The van der Waals surface area contributed by atoms with E-state index < -0.39 is 0 Å². The molecule has 0 saturated heterocycles. The molecule has 0 fully saturated rings. The van der Waals surface area contributed by atoms with Gasteiger partial charge < -0.3 is 10.6 Å². The van der Waals surface area contributed by atoms with Gasteiger partial charge in [0.05, 0.1) is 11.3 Å². The molecule has 5 nitrogen and oxygen atoms in total. The molecular weight excluding hydrogens is 346 g/mol. The molecular formula is C20H23N3O2S. The second-order valence-corrected chi connectivity index (χ2v) is 6.50. The number of rotatable bonds is 5. The summed E-state index contributed by atoms with van der Waals surface area (Å²) in [5.41, 5.74) is 2.69. The van der Waals surface area contributed by atoms with Crippen LogP contribution in [0.25, 0.3) is 0 Å². The van der Waals surface area contributed by atoms with Gasteiger partial charge in [0.25, 0.3) is 11.8 Å². The average Bonchev–Trinajstić information content (AvgIpc) is 2.62. The van der Waals surface area contributed by atoms with E-state index in [0.717, 1.165) is 5.56 Å². The Hall–Kier alpha value is -2.73. The van der Waals surface area contributed by atoms with Crippen LogP contribution in [-0.4, -0.2) is 23.5 Å². The Labute approximate surface area is 159 Å². The molecule has 0 bridgehead atoms. The minimum atomic E-state index is -0.298.